The van der Waals surface area contributed by atoms with Crippen molar-refractivity contribution in [2.75, 3.05) is 27.2 Å². The van der Waals surface area contributed by atoms with Gasteiger partial charge in [0.05, 0.1) is 16.7 Å². The molecule has 0 bridgehead atoms. The summed E-state index contributed by atoms with van der Waals surface area (Å²) in [6.07, 6.45) is -5.10. The molecule has 0 aliphatic carbocycles. The first kappa shape index (κ1) is 19.0. The number of carbonyl (C=O) groups is 1. The molecular formula is C16H20ClF3N2O2. The molecule has 0 spiro atoms. The van der Waals surface area contributed by atoms with Gasteiger partial charge in [-0.25, -0.2) is 0 Å². The number of aliphatic hydroxyl groups is 1. The summed E-state index contributed by atoms with van der Waals surface area (Å²) < 4.78 is 39.6. The lowest BCUT2D eigenvalue weighted by molar-refractivity contribution is -0.138. The summed E-state index contributed by atoms with van der Waals surface area (Å²) >= 11 is 5.72. The van der Waals surface area contributed by atoms with E-state index in [1.54, 1.807) is 19.0 Å². The number of amides is 1. The van der Waals surface area contributed by atoms with E-state index in [9.17, 15) is 23.1 Å². The van der Waals surface area contributed by atoms with Gasteiger partial charge < -0.3 is 10.0 Å². The second-order valence-corrected chi connectivity index (χ2v) is 6.69. The predicted molar refractivity (Wildman–Crippen MR) is 84.5 cm³/mol. The van der Waals surface area contributed by atoms with Gasteiger partial charge in [-0.2, -0.15) is 13.2 Å². The van der Waals surface area contributed by atoms with E-state index in [0.29, 0.717) is 6.54 Å². The zero-order chi connectivity index (χ0) is 18.1. The number of benzene rings is 1. The van der Waals surface area contributed by atoms with Crippen LogP contribution in [0, 0.1) is 5.92 Å². The quantitative estimate of drug-likeness (QED) is 0.893. The summed E-state index contributed by atoms with van der Waals surface area (Å²) in [5.74, 6) is -0.395. The van der Waals surface area contributed by atoms with E-state index in [-0.39, 0.29) is 41.9 Å². The number of alkyl halides is 3. The molecule has 1 heterocycles. The molecule has 1 amide bonds. The summed E-state index contributed by atoms with van der Waals surface area (Å²) in [5.41, 5.74) is -0.768. The maximum atomic E-state index is 13.2. The minimum Gasteiger partial charge on any atom is -0.391 e. The zero-order valence-electron chi connectivity index (χ0n) is 13.5. The van der Waals surface area contributed by atoms with Gasteiger partial charge in [0.1, 0.15) is 0 Å². The summed E-state index contributed by atoms with van der Waals surface area (Å²) in [5, 5.41) is 9.76. The van der Waals surface area contributed by atoms with Crippen LogP contribution in [-0.4, -0.2) is 54.1 Å². The van der Waals surface area contributed by atoms with E-state index in [1.165, 1.54) is 23.1 Å². The molecule has 1 N–H and O–H groups in total. The van der Waals surface area contributed by atoms with Crippen LogP contribution >= 0.6 is 11.6 Å². The second kappa shape index (κ2) is 7.29. The number of hydrogen-bond donors (Lipinski definition) is 1. The minimum atomic E-state index is -4.54. The summed E-state index contributed by atoms with van der Waals surface area (Å²) in [4.78, 5) is 14.9. The summed E-state index contributed by atoms with van der Waals surface area (Å²) in [6.45, 7) is 0.624. The highest BCUT2D eigenvalue weighted by Crippen LogP contribution is 2.38. The molecular weight excluding hydrogens is 345 g/mol. The first-order valence-corrected chi connectivity index (χ1v) is 7.92. The van der Waals surface area contributed by atoms with Crippen LogP contribution in [0.5, 0.6) is 0 Å². The SMILES string of the molecule is CN(C)C(=O)C[C@@H]1CN(Cc2cccc(Cl)c2C(F)(F)F)C[C@H]1O. The molecule has 1 aromatic carbocycles. The Bertz CT molecular complexity index is 607. The van der Waals surface area contributed by atoms with Crippen molar-refractivity contribution in [1.82, 2.24) is 9.80 Å². The molecule has 134 valence electrons. The number of rotatable bonds is 4. The van der Waals surface area contributed by atoms with Gasteiger partial charge >= 0.3 is 6.18 Å². The first-order chi connectivity index (χ1) is 11.1. The number of aliphatic hydroxyl groups excluding tert-OH is 1. The van der Waals surface area contributed by atoms with Crippen LogP contribution in [0.15, 0.2) is 18.2 Å². The van der Waals surface area contributed by atoms with Crippen LogP contribution in [0.3, 0.4) is 0 Å². The van der Waals surface area contributed by atoms with E-state index in [1.807, 2.05) is 0 Å². The molecule has 4 nitrogen and oxygen atoms in total. The van der Waals surface area contributed by atoms with Gasteiger partial charge in [0, 0.05) is 46.1 Å². The Kier molecular flexibility index (Phi) is 5.78. The molecule has 2 atom stereocenters. The van der Waals surface area contributed by atoms with Gasteiger partial charge in [0.25, 0.3) is 0 Å². The maximum Gasteiger partial charge on any atom is 0.418 e. The largest absolute Gasteiger partial charge is 0.418 e. The van der Waals surface area contributed by atoms with Crippen molar-refractivity contribution in [3.8, 4) is 0 Å². The number of β-amino-alcohol motifs (C(OH)–C–C–N with tert-alkyl or cyclic N) is 1. The fourth-order valence-electron chi connectivity index (χ4n) is 2.94. The Morgan fingerprint density at radius 1 is 1.38 bits per heavy atom. The van der Waals surface area contributed by atoms with Crippen molar-refractivity contribution >= 4 is 17.5 Å². The Balaban J connectivity index is 2.11. The maximum absolute atomic E-state index is 13.2. The summed E-state index contributed by atoms with van der Waals surface area (Å²) in [6, 6.07) is 4.08. The topological polar surface area (TPSA) is 43.8 Å². The monoisotopic (exact) mass is 364 g/mol. The lowest BCUT2D eigenvalue weighted by Gasteiger charge is -2.20. The van der Waals surface area contributed by atoms with Gasteiger partial charge in [-0.3, -0.25) is 9.69 Å². The van der Waals surface area contributed by atoms with E-state index in [2.05, 4.69) is 0 Å². The highest BCUT2D eigenvalue weighted by atomic mass is 35.5. The zero-order valence-corrected chi connectivity index (χ0v) is 14.2. The number of nitrogens with zero attached hydrogens (tertiary/aromatic N) is 2. The minimum absolute atomic E-state index is 0.0269. The molecule has 1 aromatic rings. The number of carbonyl (C=O) groups excluding carboxylic acids is 1. The fraction of sp³-hybridized carbons (Fsp3) is 0.562. The van der Waals surface area contributed by atoms with Crippen molar-refractivity contribution in [2.24, 2.45) is 5.92 Å². The van der Waals surface area contributed by atoms with Gasteiger partial charge in [0.15, 0.2) is 0 Å². The van der Waals surface area contributed by atoms with Crippen molar-refractivity contribution in [3.05, 3.63) is 34.3 Å². The molecule has 0 aromatic heterocycles. The lowest BCUT2D eigenvalue weighted by atomic mass is 10.0. The van der Waals surface area contributed by atoms with Crippen molar-refractivity contribution in [3.63, 3.8) is 0 Å². The highest BCUT2D eigenvalue weighted by Gasteiger charge is 2.38. The molecule has 2 rings (SSSR count). The number of likely N-dealkylation sites (tertiary alicyclic amines) is 1. The molecule has 1 saturated heterocycles. The molecule has 24 heavy (non-hydrogen) atoms. The molecule has 1 fully saturated rings. The van der Waals surface area contributed by atoms with Crippen LogP contribution in [0.2, 0.25) is 5.02 Å². The van der Waals surface area contributed by atoms with E-state index in [4.69, 9.17) is 11.6 Å². The van der Waals surface area contributed by atoms with E-state index >= 15 is 0 Å². The summed E-state index contributed by atoms with van der Waals surface area (Å²) in [7, 11) is 3.26. The molecule has 1 aliphatic rings. The Hall–Kier alpha value is -1.31. The Labute approximate surface area is 143 Å². The van der Waals surface area contributed by atoms with Crippen LogP contribution < -0.4 is 0 Å². The second-order valence-electron chi connectivity index (χ2n) is 6.29. The van der Waals surface area contributed by atoms with Crippen LogP contribution in [0.25, 0.3) is 0 Å². The standard InChI is InChI=1S/C16H20ClF3N2O2/c1-21(2)14(24)6-11-8-22(9-13(11)23)7-10-4-3-5-12(17)15(10)16(18,19)20/h3-5,11,13,23H,6-9H2,1-2H3/t11-,13-/m1/s1. The van der Waals surface area contributed by atoms with Crippen molar-refractivity contribution in [1.29, 1.82) is 0 Å². The highest BCUT2D eigenvalue weighted by molar-refractivity contribution is 6.31. The lowest BCUT2D eigenvalue weighted by Crippen LogP contribution is -2.28. The Morgan fingerprint density at radius 2 is 2.04 bits per heavy atom. The van der Waals surface area contributed by atoms with E-state index in [0.717, 1.165) is 0 Å². The number of hydrogen-bond acceptors (Lipinski definition) is 3. The van der Waals surface area contributed by atoms with Crippen LogP contribution in [-0.2, 0) is 17.5 Å². The van der Waals surface area contributed by atoms with Crippen LogP contribution in [0.4, 0.5) is 13.2 Å². The third-order valence-electron chi connectivity index (χ3n) is 4.20. The molecule has 0 radical (unpaired) electrons. The molecule has 1 aliphatic heterocycles. The fourth-order valence-corrected chi connectivity index (χ4v) is 3.24. The smallest absolute Gasteiger partial charge is 0.391 e. The van der Waals surface area contributed by atoms with Gasteiger partial charge in [-0.15, -0.1) is 0 Å². The van der Waals surface area contributed by atoms with Crippen molar-refractivity contribution in [2.45, 2.75) is 25.2 Å². The van der Waals surface area contributed by atoms with E-state index < -0.39 is 17.8 Å². The average molecular weight is 365 g/mol. The Morgan fingerprint density at radius 3 is 2.62 bits per heavy atom. The molecule has 0 saturated carbocycles. The average Bonchev–Trinajstić information content (AvgIpc) is 2.77. The van der Waals surface area contributed by atoms with Gasteiger partial charge in [-0.05, 0) is 11.6 Å². The third kappa shape index (κ3) is 4.40. The van der Waals surface area contributed by atoms with Gasteiger partial charge in [-0.1, -0.05) is 23.7 Å². The molecule has 8 heteroatoms. The van der Waals surface area contributed by atoms with Gasteiger partial charge in [0.2, 0.25) is 5.91 Å². The molecule has 0 unspecified atom stereocenters. The van der Waals surface area contributed by atoms with Crippen LogP contribution in [0.1, 0.15) is 17.5 Å². The third-order valence-corrected chi connectivity index (χ3v) is 4.51. The normalized spacial score (nSPS) is 22.0. The number of halogens is 4. The van der Waals surface area contributed by atoms with Crippen molar-refractivity contribution < 1.29 is 23.1 Å². The predicted octanol–water partition coefficient (Wildman–Crippen LogP) is 2.63. The first-order valence-electron chi connectivity index (χ1n) is 7.54.